The van der Waals surface area contributed by atoms with Gasteiger partial charge in [-0.2, -0.15) is 15.0 Å². The topological polar surface area (TPSA) is 113 Å². The summed E-state index contributed by atoms with van der Waals surface area (Å²) in [5.41, 5.74) is 3.89. The Morgan fingerprint density at radius 3 is 2.32 bits per heavy atom. The van der Waals surface area contributed by atoms with Gasteiger partial charge in [0.05, 0.1) is 6.61 Å². The van der Waals surface area contributed by atoms with Gasteiger partial charge in [0.1, 0.15) is 0 Å². The number of hydrogen-bond donors (Lipinski definition) is 4. The van der Waals surface area contributed by atoms with Gasteiger partial charge in [-0.05, 0) is 66.5 Å². The molecule has 0 aliphatic rings. The third-order valence-electron chi connectivity index (χ3n) is 4.13. The minimum atomic E-state index is 0.107. The monoisotopic (exact) mass is 521 g/mol. The van der Waals surface area contributed by atoms with Crippen molar-refractivity contribution >= 4 is 70.8 Å². The quantitative estimate of drug-likeness (QED) is 0.117. The Balaban J connectivity index is 0.000000945. The van der Waals surface area contributed by atoms with E-state index in [1.807, 2.05) is 56.6 Å². The molecule has 1 aromatic heterocycles. The van der Waals surface area contributed by atoms with E-state index in [9.17, 15) is 0 Å². The average molecular weight is 522 g/mol. The number of nitrogens with zero attached hydrogens (tertiary/aromatic N) is 3. The second kappa shape index (κ2) is 15.2. The summed E-state index contributed by atoms with van der Waals surface area (Å²) in [7, 11) is 3.45. The molecule has 0 fully saturated rings. The number of hydrogen-bond acceptors (Lipinski definition) is 10. The second-order valence-corrected chi connectivity index (χ2v) is 8.63. The van der Waals surface area contributed by atoms with Crippen LogP contribution < -0.4 is 21.3 Å². The Bertz CT molecular complexity index is 1060. The van der Waals surface area contributed by atoms with E-state index in [0.29, 0.717) is 24.9 Å². The molecule has 0 unspecified atom stereocenters. The molecule has 0 bridgehead atoms. The van der Waals surface area contributed by atoms with E-state index in [1.165, 1.54) is 12.0 Å². The van der Waals surface area contributed by atoms with Gasteiger partial charge in [-0.15, -0.1) is 11.8 Å². The van der Waals surface area contributed by atoms with Crippen molar-refractivity contribution in [3.63, 3.8) is 0 Å². The zero-order valence-corrected chi connectivity index (χ0v) is 21.8. The normalized spacial score (nSPS) is 10.0. The van der Waals surface area contributed by atoms with Crippen molar-refractivity contribution in [2.45, 2.75) is 11.8 Å². The minimum Gasteiger partial charge on any atom is -0.388 e. The number of aryl methyl sites for hydroxylation is 1. The highest BCUT2D eigenvalue weighted by Crippen LogP contribution is 2.25. The number of carbonyl (C=O) groups excluding carboxylic acids is 1. The molecule has 0 aliphatic carbocycles. The van der Waals surface area contributed by atoms with Gasteiger partial charge in [0, 0.05) is 48.1 Å². The molecule has 1 heterocycles. The van der Waals surface area contributed by atoms with E-state index < -0.39 is 0 Å². The SMILES string of the molecule is CNC=O.CNc1cc(Nc2nc(Cl)nc(Nc3cccc(SCCOSC)c3)n2)ccc1C. The number of rotatable bonds is 11. The van der Waals surface area contributed by atoms with E-state index in [0.717, 1.165) is 33.3 Å². The van der Waals surface area contributed by atoms with E-state index in [-0.39, 0.29) is 5.28 Å². The first-order chi connectivity index (χ1) is 16.5. The number of benzene rings is 2. The van der Waals surface area contributed by atoms with Crippen LogP contribution in [0.25, 0.3) is 0 Å². The zero-order valence-electron chi connectivity index (χ0n) is 19.4. The molecule has 34 heavy (non-hydrogen) atoms. The van der Waals surface area contributed by atoms with Crippen LogP contribution in [-0.2, 0) is 8.98 Å². The lowest BCUT2D eigenvalue weighted by Gasteiger charge is -2.11. The molecule has 0 aliphatic heterocycles. The maximum atomic E-state index is 9.06. The van der Waals surface area contributed by atoms with Gasteiger partial charge in [-0.3, -0.25) is 4.79 Å². The third kappa shape index (κ3) is 9.64. The largest absolute Gasteiger partial charge is 0.388 e. The van der Waals surface area contributed by atoms with E-state index in [2.05, 4.69) is 42.3 Å². The Labute approximate surface area is 213 Å². The fourth-order valence-electron chi connectivity index (χ4n) is 2.63. The van der Waals surface area contributed by atoms with Crippen molar-refractivity contribution in [3.8, 4) is 0 Å². The van der Waals surface area contributed by atoms with Crippen LogP contribution in [0.5, 0.6) is 0 Å². The number of amides is 1. The van der Waals surface area contributed by atoms with Crippen LogP contribution in [0.1, 0.15) is 5.56 Å². The van der Waals surface area contributed by atoms with Crippen molar-refractivity contribution in [3.05, 3.63) is 53.3 Å². The molecule has 0 saturated carbocycles. The van der Waals surface area contributed by atoms with Crippen molar-refractivity contribution in [1.82, 2.24) is 20.3 Å². The highest BCUT2D eigenvalue weighted by molar-refractivity contribution is 7.99. The molecule has 3 rings (SSSR count). The number of aromatic nitrogens is 3. The summed E-state index contributed by atoms with van der Waals surface area (Å²) in [6.45, 7) is 2.73. The first-order valence-electron chi connectivity index (χ1n) is 10.2. The van der Waals surface area contributed by atoms with Crippen LogP contribution in [0, 0.1) is 6.92 Å². The van der Waals surface area contributed by atoms with Crippen LogP contribution >= 0.6 is 35.4 Å². The summed E-state index contributed by atoms with van der Waals surface area (Å²) >= 11 is 9.22. The third-order valence-corrected chi connectivity index (χ3v) is 5.66. The molecule has 4 N–H and O–H groups in total. The van der Waals surface area contributed by atoms with Gasteiger partial charge in [0.25, 0.3) is 0 Å². The zero-order chi connectivity index (χ0) is 24.8. The summed E-state index contributed by atoms with van der Waals surface area (Å²) in [4.78, 5) is 23.0. The summed E-state index contributed by atoms with van der Waals surface area (Å²) in [6.07, 6.45) is 2.54. The maximum absolute atomic E-state index is 9.06. The summed E-state index contributed by atoms with van der Waals surface area (Å²) in [6, 6.07) is 14.0. The lowest BCUT2D eigenvalue weighted by molar-refractivity contribution is -0.109. The van der Waals surface area contributed by atoms with E-state index in [1.54, 1.807) is 18.8 Å². The van der Waals surface area contributed by atoms with Crippen LogP contribution in [0.15, 0.2) is 47.4 Å². The molecular formula is C22H28ClN7O2S2. The highest BCUT2D eigenvalue weighted by Gasteiger charge is 2.08. The predicted molar refractivity (Wildman–Crippen MR) is 144 cm³/mol. The second-order valence-electron chi connectivity index (χ2n) is 6.55. The van der Waals surface area contributed by atoms with E-state index >= 15 is 0 Å². The molecule has 1 amide bonds. The molecule has 3 aromatic rings. The van der Waals surface area contributed by atoms with Gasteiger partial charge in [-0.1, -0.05) is 12.1 Å². The van der Waals surface area contributed by atoms with Crippen molar-refractivity contribution in [1.29, 1.82) is 0 Å². The van der Waals surface area contributed by atoms with Crippen molar-refractivity contribution in [2.24, 2.45) is 0 Å². The van der Waals surface area contributed by atoms with Gasteiger partial charge in [0.15, 0.2) is 0 Å². The van der Waals surface area contributed by atoms with E-state index in [4.69, 9.17) is 20.6 Å². The molecular weight excluding hydrogens is 494 g/mol. The fourth-order valence-corrected chi connectivity index (χ4v) is 3.93. The molecule has 182 valence electrons. The Hall–Kier alpha value is -2.73. The van der Waals surface area contributed by atoms with Crippen molar-refractivity contribution in [2.75, 3.05) is 48.7 Å². The number of thioether (sulfide) groups is 1. The van der Waals surface area contributed by atoms with Gasteiger partial charge in [-0.25, -0.2) is 0 Å². The van der Waals surface area contributed by atoms with Gasteiger partial charge in [0.2, 0.25) is 23.6 Å². The Kier molecular flexibility index (Phi) is 12.3. The minimum absolute atomic E-state index is 0.107. The molecule has 12 heteroatoms. The molecule has 2 aromatic carbocycles. The summed E-state index contributed by atoms with van der Waals surface area (Å²) in [5.74, 6) is 1.61. The van der Waals surface area contributed by atoms with Crippen LogP contribution in [0.2, 0.25) is 5.28 Å². The lowest BCUT2D eigenvalue weighted by Crippen LogP contribution is -2.04. The van der Waals surface area contributed by atoms with Crippen LogP contribution in [0.3, 0.4) is 0 Å². The molecule has 9 nitrogen and oxygen atoms in total. The fraction of sp³-hybridized carbons (Fsp3) is 0.273. The summed E-state index contributed by atoms with van der Waals surface area (Å²) < 4.78 is 5.31. The number of nitrogens with one attached hydrogen (secondary N) is 4. The van der Waals surface area contributed by atoms with Crippen molar-refractivity contribution < 1.29 is 8.98 Å². The first kappa shape index (κ1) is 27.5. The first-order valence-corrected chi connectivity index (χ1v) is 12.7. The van der Waals surface area contributed by atoms with Gasteiger partial charge < -0.3 is 25.5 Å². The van der Waals surface area contributed by atoms with Crippen LogP contribution in [0.4, 0.5) is 29.0 Å². The van der Waals surface area contributed by atoms with Gasteiger partial charge >= 0.3 is 0 Å². The standard InChI is InChI=1S/C20H23ClN6OS2.C2H5NO/c1-13-7-8-15(12-17(13)22-2)24-20-26-18(21)25-19(27-20)23-14-5-4-6-16(11-14)30-10-9-28-29-3;1-3-2-4/h4-8,11-12,22H,9-10H2,1-3H3,(H2,23,24,25,26,27);2H,1H3,(H,3,4). The van der Waals surface area contributed by atoms with Crippen LogP contribution in [-0.4, -0.2) is 54.1 Å². The molecule has 0 atom stereocenters. The summed E-state index contributed by atoms with van der Waals surface area (Å²) in [5, 5.41) is 11.9. The lowest BCUT2D eigenvalue weighted by atomic mass is 10.2. The maximum Gasteiger partial charge on any atom is 0.233 e. The number of halogens is 1. The molecule has 0 spiro atoms. The number of carbonyl (C=O) groups is 1. The predicted octanol–water partition coefficient (Wildman–Crippen LogP) is 5.11. The average Bonchev–Trinajstić information content (AvgIpc) is 2.83. The highest BCUT2D eigenvalue weighted by atomic mass is 35.5. The number of anilines is 5. The Morgan fingerprint density at radius 1 is 1.03 bits per heavy atom. The molecule has 0 radical (unpaired) electrons. The molecule has 0 saturated heterocycles. The Morgan fingerprint density at radius 2 is 1.71 bits per heavy atom. The smallest absolute Gasteiger partial charge is 0.233 e.